The summed E-state index contributed by atoms with van der Waals surface area (Å²) in [5.41, 5.74) is -4.27. The number of aliphatic hydroxyl groups is 2. The van der Waals surface area contributed by atoms with Crippen LogP contribution in [0.4, 0.5) is 4.39 Å². The Hall–Kier alpha value is -2.12. The van der Waals surface area contributed by atoms with E-state index in [0.717, 1.165) is 26.3 Å². The van der Waals surface area contributed by atoms with Gasteiger partial charge < -0.3 is 24.4 Å². The van der Waals surface area contributed by atoms with E-state index in [2.05, 4.69) is 10.1 Å². The van der Waals surface area contributed by atoms with Gasteiger partial charge in [0, 0.05) is 19.4 Å². The topological polar surface area (TPSA) is 152 Å². The van der Waals surface area contributed by atoms with Gasteiger partial charge in [-0.15, -0.1) is 0 Å². The molecule has 0 fully saturated rings. The minimum atomic E-state index is -2.93. The average molecular weight is 421 g/mol. The number of carbonyl (C=O) groups is 1. The highest BCUT2D eigenvalue weighted by molar-refractivity contribution is 5.75. The van der Waals surface area contributed by atoms with Gasteiger partial charge in [0.2, 0.25) is 0 Å². The quantitative estimate of drug-likeness (QED) is 0.196. The maximum absolute atomic E-state index is 15.1. The number of methoxy groups -OCH3 is 1. The number of nitrogens with one attached hydrogen (secondary N) is 2. The predicted molar refractivity (Wildman–Crippen MR) is 98.7 cm³/mol. The van der Waals surface area contributed by atoms with Crippen LogP contribution in [0.25, 0.3) is 0 Å². The zero-order valence-corrected chi connectivity index (χ0v) is 17.0. The van der Waals surface area contributed by atoms with Gasteiger partial charge in [-0.1, -0.05) is 0 Å². The molecule has 0 radical (unpaired) electrons. The Bertz CT molecular complexity index is 793. The van der Waals surface area contributed by atoms with Crippen molar-refractivity contribution in [3.63, 3.8) is 0 Å². The lowest BCUT2D eigenvalue weighted by Crippen LogP contribution is -2.59. The number of aliphatic hydroxyl groups excluding tert-OH is 1. The normalized spacial score (nSPS) is 18.0. The zero-order valence-electron chi connectivity index (χ0n) is 17.0. The molecular weight excluding hydrogens is 393 g/mol. The second-order valence-corrected chi connectivity index (χ2v) is 6.87. The molecule has 0 bridgehead atoms. The first-order chi connectivity index (χ1) is 13.3. The highest BCUT2D eigenvalue weighted by atomic mass is 19.2. The van der Waals surface area contributed by atoms with Gasteiger partial charge in [0.25, 0.3) is 11.4 Å². The van der Waals surface area contributed by atoms with Crippen molar-refractivity contribution in [3.05, 3.63) is 33.1 Å². The molecule has 1 rings (SSSR count). The lowest BCUT2D eigenvalue weighted by atomic mass is 10.0. The fraction of sp³-hybridized carbons (Fsp3) is 0.706. The van der Waals surface area contributed by atoms with Crippen LogP contribution in [-0.2, 0) is 24.7 Å². The van der Waals surface area contributed by atoms with Crippen LogP contribution in [0.3, 0.4) is 0 Å². The van der Waals surface area contributed by atoms with Gasteiger partial charge in [-0.05, 0) is 27.7 Å². The molecule has 0 aliphatic rings. The third kappa shape index (κ3) is 6.44. The van der Waals surface area contributed by atoms with Crippen LogP contribution in [0.15, 0.2) is 21.9 Å². The van der Waals surface area contributed by atoms with Crippen LogP contribution < -0.4 is 16.6 Å². The van der Waals surface area contributed by atoms with Crippen molar-refractivity contribution in [3.8, 4) is 0 Å². The van der Waals surface area contributed by atoms with E-state index in [9.17, 15) is 24.6 Å². The molecule has 29 heavy (non-hydrogen) atoms. The Morgan fingerprint density at radius 2 is 2.00 bits per heavy atom. The number of esters is 1. The summed E-state index contributed by atoms with van der Waals surface area (Å²) in [6, 6.07) is 0.189. The van der Waals surface area contributed by atoms with Gasteiger partial charge in [0.15, 0.2) is 11.8 Å². The molecule has 1 aromatic heterocycles. The van der Waals surface area contributed by atoms with Crippen molar-refractivity contribution < 1.29 is 33.6 Å². The summed E-state index contributed by atoms with van der Waals surface area (Å²) in [5, 5.41) is 23.5. The highest BCUT2D eigenvalue weighted by Gasteiger charge is 2.50. The van der Waals surface area contributed by atoms with E-state index in [-0.39, 0.29) is 12.8 Å². The van der Waals surface area contributed by atoms with Crippen LogP contribution in [0, 0.1) is 0 Å². The summed E-state index contributed by atoms with van der Waals surface area (Å²) in [5.74, 6) is -3.45. The van der Waals surface area contributed by atoms with E-state index in [4.69, 9.17) is 9.47 Å². The Labute approximate surface area is 166 Å². The van der Waals surface area contributed by atoms with Crippen LogP contribution in [0.2, 0.25) is 0 Å². The van der Waals surface area contributed by atoms with Crippen LogP contribution in [-0.4, -0.2) is 70.3 Å². The first-order valence-corrected chi connectivity index (χ1v) is 8.83. The molecule has 0 aliphatic carbocycles. The standard InChI is InChI=1S/C17H28FN3O8/c1-10(2)29-13(23)11(3)19-9-28-8-17(18,27-5)14(24)16(4,26)21-7-6-12(22)20-15(21)25/h6-7,10-11,14,19,24,26H,8-9H2,1-5H3,(H,20,22,25)/t11?,14-,16+,17+/m0/s1. The van der Waals surface area contributed by atoms with Crippen molar-refractivity contribution in [1.82, 2.24) is 14.9 Å². The molecule has 4 N–H and O–H groups in total. The van der Waals surface area contributed by atoms with Crippen molar-refractivity contribution in [2.75, 3.05) is 20.4 Å². The molecule has 166 valence electrons. The van der Waals surface area contributed by atoms with E-state index in [0.29, 0.717) is 4.57 Å². The highest BCUT2D eigenvalue weighted by Crippen LogP contribution is 2.29. The molecule has 0 aromatic carbocycles. The lowest BCUT2D eigenvalue weighted by Gasteiger charge is -2.38. The van der Waals surface area contributed by atoms with Gasteiger partial charge in [0.05, 0.1) is 12.8 Å². The van der Waals surface area contributed by atoms with Crippen LogP contribution >= 0.6 is 0 Å². The molecule has 1 aromatic rings. The van der Waals surface area contributed by atoms with E-state index < -0.39 is 47.6 Å². The number of H-pyrrole nitrogens is 1. The molecule has 12 heteroatoms. The Balaban J connectivity index is 2.79. The van der Waals surface area contributed by atoms with Crippen molar-refractivity contribution in [2.45, 2.75) is 57.5 Å². The SMILES string of the molecule is CO[C@](F)(COCNC(C)C(=O)OC(C)C)[C@@H](O)[C@@](C)(O)n1ccc(=O)[nH]c1=O. The maximum atomic E-state index is 15.1. The third-order valence-electron chi connectivity index (χ3n) is 4.07. The molecule has 4 atom stereocenters. The summed E-state index contributed by atoms with van der Waals surface area (Å²) >= 11 is 0. The Morgan fingerprint density at radius 3 is 2.52 bits per heavy atom. The Morgan fingerprint density at radius 1 is 1.38 bits per heavy atom. The van der Waals surface area contributed by atoms with Gasteiger partial charge in [-0.3, -0.25) is 24.5 Å². The largest absolute Gasteiger partial charge is 0.462 e. The summed E-state index contributed by atoms with van der Waals surface area (Å²) in [6.45, 7) is 4.73. The minimum Gasteiger partial charge on any atom is -0.462 e. The van der Waals surface area contributed by atoms with Crippen molar-refractivity contribution >= 4 is 5.97 Å². The summed E-state index contributed by atoms with van der Waals surface area (Å²) in [6.07, 6.45) is -1.68. The number of halogens is 1. The third-order valence-corrected chi connectivity index (χ3v) is 4.07. The van der Waals surface area contributed by atoms with E-state index >= 15 is 4.39 Å². The molecule has 0 saturated heterocycles. The molecule has 0 aliphatic heterocycles. The van der Waals surface area contributed by atoms with E-state index in [1.54, 1.807) is 13.8 Å². The minimum absolute atomic E-state index is 0.295. The summed E-state index contributed by atoms with van der Waals surface area (Å²) < 4.78 is 30.4. The van der Waals surface area contributed by atoms with Gasteiger partial charge in [-0.2, -0.15) is 0 Å². The number of hydrogen-bond donors (Lipinski definition) is 4. The molecule has 1 unspecified atom stereocenters. The molecular formula is C17H28FN3O8. The number of nitrogens with zero attached hydrogens (tertiary/aromatic N) is 1. The summed E-state index contributed by atoms with van der Waals surface area (Å²) in [4.78, 5) is 36.6. The van der Waals surface area contributed by atoms with Crippen LogP contribution in [0.5, 0.6) is 0 Å². The Kier molecular flexibility index (Phi) is 8.65. The second kappa shape index (κ2) is 10.1. The van der Waals surface area contributed by atoms with Crippen LogP contribution in [0.1, 0.15) is 27.7 Å². The van der Waals surface area contributed by atoms with Crippen molar-refractivity contribution in [2.24, 2.45) is 0 Å². The van der Waals surface area contributed by atoms with E-state index in [1.165, 1.54) is 6.92 Å². The first kappa shape index (κ1) is 24.9. The average Bonchev–Trinajstić information content (AvgIpc) is 2.63. The molecule has 0 amide bonds. The van der Waals surface area contributed by atoms with Gasteiger partial charge in [-0.25, -0.2) is 9.18 Å². The first-order valence-electron chi connectivity index (χ1n) is 8.83. The summed E-state index contributed by atoms with van der Waals surface area (Å²) in [7, 11) is 0.939. The number of ether oxygens (including phenoxy) is 3. The molecule has 0 saturated carbocycles. The number of hydrogen-bond acceptors (Lipinski definition) is 9. The lowest BCUT2D eigenvalue weighted by molar-refractivity contribution is -0.280. The number of carbonyl (C=O) groups excluding carboxylic acids is 1. The molecule has 0 spiro atoms. The monoisotopic (exact) mass is 421 g/mol. The zero-order chi connectivity index (χ0) is 22.4. The smallest absolute Gasteiger partial charge is 0.330 e. The van der Waals surface area contributed by atoms with E-state index in [1.807, 2.05) is 4.98 Å². The number of aromatic nitrogens is 2. The maximum Gasteiger partial charge on any atom is 0.330 e. The number of aromatic amines is 1. The fourth-order valence-corrected chi connectivity index (χ4v) is 2.36. The van der Waals surface area contributed by atoms with Gasteiger partial charge >= 0.3 is 11.7 Å². The predicted octanol–water partition coefficient (Wildman–Crippen LogP) is -1.22. The fourth-order valence-electron chi connectivity index (χ4n) is 2.36. The van der Waals surface area contributed by atoms with Gasteiger partial charge in [0.1, 0.15) is 12.6 Å². The number of alkyl halides is 1. The number of rotatable bonds is 11. The molecule has 11 nitrogen and oxygen atoms in total. The van der Waals surface area contributed by atoms with Crippen molar-refractivity contribution in [1.29, 1.82) is 0 Å². The molecule has 1 heterocycles. The second-order valence-electron chi connectivity index (χ2n) is 6.87.